The van der Waals surface area contributed by atoms with E-state index in [0.717, 1.165) is 17.3 Å². The summed E-state index contributed by atoms with van der Waals surface area (Å²) in [6, 6.07) is 13.6. The number of sulfonamides is 1. The molecule has 2 aromatic rings. The fraction of sp³-hybridized carbons (Fsp3) is 0.375. The first-order chi connectivity index (χ1) is 10.1. The maximum absolute atomic E-state index is 12.3. The molecule has 0 saturated heterocycles. The summed E-state index contributed by atoms with van der Waals surface area (Å²) in [7, 11) is -1.39. The third kappa shape index (κ3) is 3.43. The smallest absolute Gasteiger partial charge is 0.240 e. The second-order valence-corrected chi connectivity index (χ2v) is 7.39. The van der Waals surface area contributed by atoms with Gasteiger partial charge in [0.05, 0.1) is 4.90 Å². The zero-order valence-corrected chi connectivity index (χ0v) is 12.9. The molecule has 112 valence electrons. The number of benzene rings is 2. The van der Waals surface area contributed by atoms with E-state index in [0.29, 0.717) is 17.5 Å². The Bertz CT molecular complexity index is 739. The van der Waals surface area contributed by atoms with E-state index < -0.39 is 10.0 Å². The Kier molecular flexibility index (Phi) is 3.97. The van der Waals surface area contributed by atoms with E-state index in [-0.39, 0.29) is 0 Å². The van der Waals surface area contributed by atoms with Gasteiger partial charge in [-0.2, -0.15) is 0 Å². The molecule has 21 heavy (non-hydrogen) atoms. The Morgan fingerprint density at radius 1 is 1.14 bits per heavy atom. The zero-order valence-electron chi connectivity index (χ0n) is 12.1. The molecule has 0 spiro atoms. The van der Waals surface area contributed by atoms with Gasteiger partial charge in [0, 0.05) is 19.1 Å². The van der Waals surface area contributed by atoms with Crippen molar-refractivity contribution in [3.8, 4) is 0 Å². The van der Waals surface area contributed by atoms with Crippen molar-refractivity contribution in [2.45, 2.75) is 23.8 Å². The number of nitrogens with one attached hydrogen (secondary N) is 1. The lowest BCUT2D eigenvalue weighted by atomic mass is 10.1. The largest absolute Gasteiger partial charge is 0.302 e. The van der Waals surface area contributed by atoms with Crippen LogP contribution in [0.15, 0.2) is 47.4 Å². The maximum atomic E-state index is 12.3. The van der Waals surface area contributed by atoms with E-state index >= 15 is 0 Å². The molecule has 0 unspecified atom stereocenters. The minimum absolute atomic E-state index is 0.329. The summed E-state index contributed by atoms with van der Waals surface area (Å²) in [5.41, 5.74) is 0. The van der Waals surface area contributed by atoms with Crippen LogP contribution in [0.5, 0.6) is 0 Å². The van der Waals surface area contributed by atoms with Crippen LogP contribution in [-0.2, 0) is 10.0 Å². The molecule has 1 aliphatic rings. The van der Waals surface area contributed by atoms with Gasteiger partial charge in [-0.3, -0.25) is 0 Å². The Morgan fingerprint density at radius 3 is 2.57 bits per heavy atom. The lowest BCUT2D eigenvalue weighted by Crippen LogP contribution is -2.33. The average molecular weight is 304 g/mol. The molecular weight excluding hydrogens is 284 g/mol. The highest BCUT2D eigenvalue weighted by Gasteiger charge is 2.25. The van der Waals surface area contributed by atoms with Gasteiger partial charge >= 0.3 is 0 Å². The predicted molar refractivity (Wildman–Crippen MR) is 84.8 cm³/mol. The number of hydrogen-bond acceptors (Lipinski definition) is 3. The molecule has 5 heteroatoms. The molecule has 0 aromatic heterocycles. The van der Waals surface area contributed by atoms with Crippen LogP contribution < -0.4 is 4.72 Å². The lowest BCUT2D eigenvalue weighted by Gasteiger charge is -2.15. The first kappa shape index (κ1) is 14.5. The van der Waals surface area contributed by atoms with E-state index in [1.807, 2.05) is 37.4 Å². The highest BCUT2D eigenvalue weighted by Crippen LogP contribution is 2.24. The first-order valence-electron chi connectivity index (χ1n) is 7.25. The number of fused-ring (bicyclic) bond motifs is 1. The molecular formula is C16H20N2O2S. The summed E-state index contributed by atoms with van der Waals surface area (Å²) >= 11 is 0. The quantitative estimate of drug-likeness (QED) is 0.890. The molecule has 0 heterocycles. The van der Waals surface area contributed by atoms with Crippen molar-refractivity contribution in [2.24, 2.45) is 0 Å². The third-order valence-corrected chi connectivity index (χ3v) is 5.42. The Hall–Kier alpha value is -1.43. The van der Waals surface area contributed by atoms with Gasteiger partial charge in [0.15, 0.2) is 0 Å². The van der Waals surface area contributed by atoms with Crippen molar-refractivity contribution in [2.75, 3.05) is 20.1 Å². The molecule has 0 aliphatic heterocycles. The van der Waals surface area contributed by atoms with E-state index in [1.165, 1.54) is 12.8 Å². The lowest BCUT2D eigenvalue weighted by molar-refractivity contribution is 0.329. The van der Waals surface area contributed by atoms with Crippen molar-refractivity contribution >= 4 is 20.8 Å². The van der Waals surface area contributed by atoms with Crippen LogP contribution in [-0.4, -0.2) is 39.5 Å². The van der Waals surface area contributed by atoms with Gasteiger partial charge in [-0.15, -0.1) is 0 Å². The van der Waals surface area contributed by atoms with Gasteiger partial charge in [-0.25, -0.2) is 13.1 Å². The SMILES string of the molecule is CN(CCNS(=O)(=O)c1ccc2ccccc2c1)C1CC1. The molecule has 0 radical (unpaired) electrons. The number of likely N-dealkylation sites (N-methyl/N-ethyl adjacent to an activating group) is 1. The molecule has 3 rings (SSSR count). The molecule has 4 nitrogen and oxygen atoms in total. The monoisotopic (exact) mass is 304 g/mol. The first-order valence-corrected chi connectivity index (χ1v) is 8.73. The number of rotatable bonds is 6. The summed E-state index contributed by atoms with van der Waals surface area (Å²) in [5.74, 6) is 0. The molecule has 0 bridgehead atoms. The predicted octanol–water partition coefficient (Wildman–Crippen LogP) is 2.21. The summed E-state index contributed by atoms with van der Waals surface area (Å²) in [6.07, 6.45) is 2.46. The minimum atomic E-state index is -3.43. The molecule has 0 atom stereocenters. The van der Waals surface area contributed by atoms with Gasteiger partial charge in [-0.05, 0) is 42.8 Å². The molecule has 1 N–H and O–H groups in total. The van der Waals surface area contributed by atoms with Gasteiger partial charge in [-0.1, -0.05) is 30.3 Å². The number of nitrogens with zero attached hydrogens (tertiary/aromatic N) is 1. The zero-order chi connectivity index (χ0) is 14.9. The molecule has 0 amide bonds. The molecule has 1 aliphatic carbocycles. The van der Waals surface area contributed by atoms with Crippen LogP contribution in [0.2, 0.25) is 0 Å². The van der Waals surface area contributed by atoms with E-state index in [2.05, 4.69) is 9.62 Å². The highest BCUT2D eigenvalue weighted by atomic mass is 32.2. The van der Waals surface area contributed by atoms with Crippen molar-refractivity contribution in [3.05, 3.63) is 42.5 Å². The van der Waals surface area contributed by atoms with Crippen molar-refractivity contribution in [1.29, 1.82) is 0 Å². The molecule has 2 aromatic carbocycles. The minimum Gasteiger partial charge on any atom is -0.302 e. The summed E-state index contributed by atoms with van der Waals surface area (Å²) in [6.45, 7) is 1.19. The van der Waals surface area contributed by atoms with Gasteiger partial charge in [0.25, 0.3) is 0 Å². The topological polar surface area (TPSA) is 49.4 Å². The van der Waals surface area contributed by atoms with Crippen molar-refractivity contribution in [3.63, 3.8) is 0 Å². The number of hydrogen-bond donors (Lipinski definition) is 1. The normalized spacial score (nSPS) is 15.7. The molecule has 1 fully saturated rings. The second kappa shape index (κ2) is 5.75. The van der Waals surface area contributed by atoms with Gasteiger partial charge in [0.1, 0.15) is 0 Å². The van der Waals surface area contributed by atoms with Crippen LogP contribution >= 0.6 is 0 Å². The van der Waals surface area contributed by atoms with Crippen LogP contribution in [0.3, 0.4) is 0 Å². The summed E-state index contributed by atoms with van der Waals surface area (Å²) in [5, 5.41) is 1.99. The van der Waals surface area contributed by atoms with E-state index in [1.54, 1.807) is 12.1 Å². The Labute approximate surface area is 125 Å². The van der Waals surface area contributed by atoms with E-state index in [4.69, 9.17) is 0 Å². The van der Waals surface area contributed by atoms with Crippen LogP contribution in [0.25, 0.3) is 10.8 Å². The Morgan fingerprint density at radius 2 is 1.86 bits per heavy atom. The Balaban J connectivity index is 1.70. The average Bonchev–Trinajstić information content (AvgIpc) is 3.31. The standard InChI is InChI=1S/C16H20N2O2S/c1-18(15-7-8-15)11-10-17-21(19,20)16-9-6-13-4-2-3-5-14(13)12-16/h2-6,9,12,15,17H,7-8,10-11H2,1H3. The van der Waals surface area contributed by atoms with Gasteiger partial charge in [0.2, 0.25) is 10.0 Å². The van der Waals surface area contributed by atoms with Crippen molar-refractivity contribution < 1.29 is 8.42 Å². The van der Waals surface area contributed by atoms with Crippen molar-refractivity contribution in [1.82, 2.24) is 9.62 Å². The third-order valence-electron chi connectivity index (χ3n) is 3.96. The van der Waals surface area contributed by atoms with Crippen LogP contribution in [0.1, 0.15) is 12.8 Å². The highest BCUT2D eigenvalue weighted by molar-refractivity contribution is 7.89. The fourth-order valence-electron chi connectivity index (χ4n) is 2.47. The molecule has 1 saturated carbocycles. The second-order valence-electron chi connectivity index (χ2n) is 5.62. The summed E-state index contributed by atoms with van der Waals surface area (Å²) in [4.78, 5) is 2.54. The summed E-state index contributed by atoms with van der Waals surface area (Å²) < 4.78 is 27.3. The fourth-order valence-corrected chi connectivity index (χ4v) is 3.53. The van der Waals surface area contributed by atoms with Crippen LogP contribution in [0.4, 0.5) is 0 Å². The van der Waals surface area contributed by atoms with E-state index in [9.17, 15) is 8.42 Å². The van der Waals surface area contributed by atoms with Crippen LogP contribution in [0, 0.1) is 0 Å². The van der Waals surface area contributed by atoms with Gasteiger partial charge < -0.3 is 4.90 Å². The maximum Gasteiger partial charge on any atom is 0.240 e.